The number of fused-ring (bicyclic) bond motifs is 1. The second kappa shape index (κ2) is 16.6. The van der Waals surface area contributed by atoms with Gasteiger partial charge in [-0.15, -0.1) is 0 Å². The van der Waals surface area contributed by atoms with Gasteiger partial charge in [0.25, 0.3) is 0 Å². The molecule has 2 aromatic rings. The van der Waals surface area contributed by atoms with Crippen LogP contribution in [0.3, 0.4) is 0 Å². The van der Waals surface area contributed by atoms with Gasteiger partial charge in [-0.25, -0.2) is 19.2 Å². The van der Waals surface area contributed by atoms with E-state index in [2.05, 4.69) is 13.2 Å². The third kappa shape index (κ3) is 8.73. The molecule has 2 fully saturated rings. The highest BCUT2D eigenvalue weighted by Gasteiger charge is 2.50. The molecule has 4 atom stereocenters. The summed E-state index contributed by atoms with van der Waals surface area (Å²) in [7, 11) is 0. The summed E-state index contributed by atoms with van der Waals surface area (Å²) in [5.41, 5.74) is 1.22. The van der Waals surface area contributed by atoms with Crippen molar-refractivity contribution in [2.75, 3.05) is 39.6 Å². The molecular weight excluding hydrogens is 600 g/mol. The Bertz CT molecular complexity index is 1330. The number of hydrogen-bond donors (Lipinski definition) is 2. The molecule has 0 saturated carbocycles. The second-order valence-electron chi connectivity index (χ2n) is 10.8. The number of carbonyl (C=O) groups is 4. The summed E-state index contributed by atoms with van der Waals surface area (Å²) in [6.07, 6.45) is 3.59. The zero-order valence-electron chi connectivity index (χ0n) is 25.4. The Morgan fingerprint density at radius 3 is 1.43 bits per heavy atom. The molecule has 2 aromatic carbocycles. The number of carboxylic acid groups (broad SMARTS) is 2. The van der Waals surface area contributed by atoms with E-state index in [0.717, 1.165) is 12.2 Å². The van der Waals surface area contributed by atoms with Crippen LogP contribution in [-0.2, 0) is 28.5 Å². The van der Waals surface area contributed by atoms with Gasteiger partial charge in [0.15, 0.2) is 0 Å². The van der Waals surface area contributed by atoms with Crippen molar-refractivity contribution in [2.24, 2.45) is 0 Å². The van der Waals surface area contributed by atoms with E-state index in [1.807, 2.05) is 0 Å². The van der Waals surface area contributed by atoms with Crippen molar-refractivity contribution >= 4 is 23.9 Å². The topological polar surface area (TPSA) is 164 Å². The van der Waals surface area contributed by atoms with E-state index in [1.165, 1.54) is 12.1 Å². The highest BCUT2D eigenvalue weighted by molar-refractivity contribution is 5.90. The summed E-state index contributed by atoms with van der Waals surface area (Å²) >= 11 is 0. The largest absolute Gasteiger partial charge is 0.494 e. The molecule has 12 nitrogen and oxygen atoms in total. The minimum Gasteiger partial charge on any atom is -0.494 e. The van der Waals surface area contributed by atoms with E-state index in [-0.39, 0.29) is 37.6 Å². The molecule has 0 spiro atoms. The third-order valence-corrected chi connectivity index (χ3v) is 7.80. The van der Waals surface area contributed by atoms with Crippen molar-refractivity contribution < 1.29 is 57.8 Å². The minimum absolute atomic E-state index is 0.103. The van der Waals surface area contributed by atoms with Crippen molar-refractivity contribution in [1.29, 1.82) is 0 Å². The lowest BCUT2D eigenvalue weighted by atomic mass is 9.84. The van der Waals surface area contributed by atoms with Gasteiger partial charge in [0.2, 0.25) is 0 Å². The van der Waals surface area contributed by atoms with Crippen molar-refractivity contribution in [3.8, 4) is 11.5 Å². The molecule has 246 valence electrons. The number of hydrogen-bond acceptors (Lipinski definition) is 10. The maximum absolute atomic E-state index is 12.1. The lowest BCUT2D eigenvalue weighted by Crippen LogP contribution is -2.26. The highest BCUT2D eigenvalue weighted by atomic mass is 16.6. The summed E-state index contributed by atoms with van der Waals surface area (Å²) < 4.78 is 34.0. The van der Waals surface area contributed by atoms with Crippen molar-refractivity contribution in [3.63, 3.8) is 0 Å². The number of ether oxygens (including phenoxy) is 6. The Labute approximate surface area is 266 Å². The molecule has 0 radical (unpaired) electrons. The molecule has 12 heteroatoms. The van der Waals surface area contributed by atoms with Crippen molar-refractivity contribution in [2.45, 2.75) is 49.7 Å². The highest BCUT2D eigenvalue weighted by Crippen LogP contribution is 2.46. The maximum Gasteiger partial charge on any atom is 0.335 e. The molecule has 2 N–H and O–H groups in total. The Kier molecular flexibility index (Phi) is 12.3. The Morgan fingerprint density at radius 2 is 1.07 bits per heavy atom. The fraction of sp³-hybridized carbons (Fsp3) is 0.412. The average Bonchev–Trinajstić information content (AvgIpc) is 3.66. The summed E-state index contributed by atoms with van der Waals surface area (Å²) in [4.78, 5) is 46.6. The van der Waals surface area contributed by atoms with Crippen LogP contribution in [0, 0.1) is 0 Å². The van der Waals surface area contributed by atoms with Crippen LogP contribution in [0.25, 0.3) is 0 Å². The van der Waals surface area contributed by atoms with Gasteiger partial charge in [0, 0.05) is 24.0 Å². The summed E-state index contributed by atoms with van der Waals surface area (Å²) in [5.74, 6) is -3.05. The van der Waals surface area contributed by atoms with E-state index >= 15 is 0 Å². The monoisotopic (exact) mass is 638 g/mol. The SMILES string of the molecule is C=CC(=O)OCCCCOc1ccc(C(=O)O)c([C@H]2CO[C@@H]3[C@H]2OC[C@H]3c2cc(OCCCCOC(=O)C=C)ccc2C(=O)O)c1. The first kappa shape index (κ1) is 34.2. The van der Waals surface area contributed by atoms with Gasteiger partial charge in [-0.05, 0) is 73.2 Å². The van der Waals surface area contributed by atoms with Crippen LogP contribution < -0.4 is 9.47 Å². The van der Waals surface area contributed by atoms with Crippen molar-refractivity contribution in [3.05, 3.63) is 84.0 Å². The van der Waals surface area contributed by atoms with Gasteiger partial charge in [-0.2, -0.15) is 0 Å². The van der Waals surface area contributed by atoms with Crippen LogP contribution in [0.1, 0.15) is 69.4 Å². The fourth-order valence-electron chi connectivity index (χ4n) is 5.55. The number of rotatable bonds is 18. The lowest BCUT2D eigenvalue weighted by molar-refractivity contribution is -0.138. The molecule has 2 saturated heterocycles. The molecule has 4 rings (SSSR count). The second-order valence-corrected chi connectivity index (χ2v) is 10.8. The minimum atomic E-state index is -1.10. The molecule has 2 aliphatic heterocycles. The van der Waals surface area contributed by atoms with Gasteiger partial charge in [0.1, 0.15) is 11.5 Å². The zero-order valence-corrected chi connectivity index (χ0v) is 25.4. The molecule has 0 aromatic heterocycles. The van der Waals surface area contributed by atoms with E-state index in [0.29, 0.717) is 61.5 Å². The van der Waals surface area contributed by atoms with Crippen molar-refractivity contribution in [1.82, 2.24) is 0 Å². The van der Waals surface area contributed by atoms with Crippen LogP contribution >= 0.6 is 0 Å². The number of benzene rings is 2. The number of esters is 2. The van der Waals surface area contributed by atoms with Gasteiger partial charge in [-0.3, -0.25) is 0 Å². The number of unbranched alkanes of at least 4 members (excludes halogenated alkanes) is 2. The lowest BCUT2D eigenvalue weighted by Gasteiger charge is -2.20. The third-order valence-electron chi connectivity index (χ3n) is 7.80. The summed E-state index contributed by atoms with van der Waals surface area (Å²) in [6, 6.07) is 9.54. The quantitative estimate of drug-likeness (QED) is 0.133. The summed E-state index contributed by atoms with van der Waals surface area (Å²) in [5, 5.41) is 19.9. The van der Waals surface area contributed by atoms with Gasteiger partial charge >= 0.3 is 23.9 Å². The van der Waals surface area contributed by atoms with Crippen LogP contribution in [0.2, 0.25) is 0 Å². The molecule has 0 aliphatic carbocycles. The van der Waals surface area contributed by atoms with E-state index < -0.39 is 47.9 Å². The molecule has 2 heterocycles. The van der Waals surface area contributed by atoms with Crippen LogP contribution in [0.5, 0.6) is 11.5 Å². The predicted molar refractivity (Wildman–Crippen MR) is 164 cm³/mol. The Balaban J connectivity index is 1.42. The normalized spacial score (nSPS) is 19.9. The maximum atomic E-state index is 12.1. The predicted octanol–water partition coefficient (Wildman–Crippen LogP) is 4.52. The summed E-state index contributed by atoms with van der Waals surface area (Å²) in [6.45, 7) is 8.22. The first-order chi connectivity index (χ1) is 22.2. The molecule has 0 bridgehead atoms. The van der Waals surface area contributed by atoms with Crippen LogP contribution in [-0.4, -0.2) is 85.9 Å². The van der Waals surface area contributed by atoms with E-state index in [1.54, 1.807) is 24.3 Å². The number of carbonyl (C=O) groups excluding carboxylic acids is 2. The smallest absolute Gasteiger partial charge is 0.335 e. The molecular formula is C34H38O12. The first-order valence-corrected chi connectivity index (χ1v) is 15.0. The molecule has 0 amide bonds. The van der Waals surface area contributed by atoms with Gasteiger partial charge in [-0.1, -0.05) is 13.2 Å². The average molecular weight is 639 g/mol. The molecule has 46 heavy (non-hydrogen) atoms. The van der Waals surface area contributed by atoms with Crippen LogP contribution in [0.15, 0.2) is 61.7 Å². The van der Waals surface area contributed by atoms with E-state index in [4.69, 9.17) is 28.4 Å². The Hall–Kier alpha value is -4.68. The van der Waals surface area contributed by atoms with Crippen LogP contribution in [0.4, 0.5) is 0 Å². The van der Waals surface area contributed by atoms with Gasteiger partial charge in [0.05, 0.1) is 63.0 Å². The number of aromatic carboxylic acids is 2. The first-order valence-electron chi connectivity index (χ1n) is 15.0. The standard InChI is InChI=1S/C34H38O12/c1-3-29(35)43-15-7-5-13-41-21-9-11-23(33(37)38)25(17-21)27-19-45-32-28(20-46-31(27)32)26-18-22(10-12-24(26)34(39)40)42-14-6-8-16-44-30(36)4-2/h3-4,9-12,17-18,27-28,31-32H,1-2,5-8,13-16,19-20H2,(H,37,38)(H,39,40)/t27-,28+,31-,32-/m0/s1. The zero-order chi connectivity index (χ0) is 33.1. The van der Waals surface area contributed by atoms with Gasteiger partial charge < -0.3 is 38.6 Å². The fourth-order valence-corrected chi connectivity index (χ4v) is 5.55. The Morgan fingerprint density at radius 1 is 0.674 bits per heavy atom. The molecule has 0 unspecified atom stereocenters. The van der Waals surface area contributed by atoms with E-state index in [9.17, 15) is 29.4 Å². The molecule has 2 aliphatic rings. The number of carboxylic acids is 2.